The summed E-state index contributed by atoms with van der Waals surface area (Å²) in [5.74, 6) is -0.0280. The highest BCUT2D eigenvalue weighted by Crippen LogP contribution is 2.26. The van der Waals surface area contributed by atoms with Gasteiger partial charge in [-0.25, -0.2) is 0 Å². The summed E-state index contributed by atoms with van der Waals surface area (Å²) in [6, 6.07) is 15.0. The van der Waals surface area contributed by atoms with Gasteiger partial charge < -0.3 is 11.1 Å². The number of rotatable bonds is 4. The zero-order chi connectivity index (χ0) is 14.5. The number of hydrogen-bond donors (Lipinski definition) is 2. The molecule has 20 heavy (non-hydrogen) atoms. The minimum atomic E-state index is -0.179. The van der Waals surface area contributed by atoms with Crippen LogP contribution in [0.25, 0.3) is 0 Å². The Hall–Kier alpha value is -1.46. The van der Waals surface area contributed by atoms with E-state index in [1.807, 2.05) is 31.2 Å². The fourth-order valence-electron chi connectivity index (χ4n) is 1.61. The van der Waals surface area contributed by atoms with Crippen molar-refractivity contribution in [1.29, 1.82) is 0 Å². The van der Waals surface area contributed by atoms with Gasteiger partial charge in [0.2, 0.25) is 5.91 Å². The zero-order valence-corrected chi connectivity index (χ0v) is 13.4. The van der Waals surface area contributed by atoms with Crippen molar-refractivity contribution in [1.82, 2.24) is 0 Å². The Kier molecular flexibility index (Phi) is 5.09. The van der Waals surface area contributed by atoms with Crippen LogP contribution in [0.5, 0.6) is 0 Å². The molecule has 1 amide bonds. The number of hydrogen-bond acceptors (Lipinski definition) is 3. The van der Waals surface area contributed by atoms with Gasteiger partial charge >= 0.3 is 0 Å². The highest BCUT2D eigenvalue weighted by atomic mass is 79.9. The maximum atomic E-state index is 12.1. The first-order valence-corrected chi connectivity index (χ1v) is 7.80. The third-order valence-electron chi connectivity index (χ3n) is 2.66. The van der Waals surface area contributed by atoms with Crippen LogP contribution in [0, 0.1) is 0 Å². The van der Waals surface area contributed by atoms with Crippen molar-refractivity contribution in [2.45, 2.75) is 17.1 Å². The maximum absolute atomic E-state index is 12.1. The number of benzene rings is 2. The molecule has 1 unspecified atom stereocenters. The molecule has 2 rings (SSSR count). The second-order valence-electron chi connectivity index (χ2n) is 4.33. The lowest BCUT2D eigenvalue weighted by Gasteiger charge is -2.12. The monoisotopic (exact) mass is 350 g/mol. The molecular weight excluding hydrogens is 336 g/mol. The molecular formula is C15H15BrN2OS. The fraction of sp³-hybridized carbons (Fsp3) is 0.133. The standard InChI is InChI=1S/C15H15BrN2OS/c1-10(20-14-4-2-3-11(16)9-14)15(19)18-13-7-5-12(17)6-8-13/h2-10H,17H2,1H3,(H,18,19). The molecule has 3 N–H and O–H groups in total. The third-order valence-corrected chi connectivity index (χ3v) is 4.24. The van der Waals surface area contributed by atoms with E-state index < -0.39 is 0 Å². The molecule has 0 saturated carbocycles. The SMILES string of the molecule is CC(Sc1cccc(Br)c1)C(=O)Nc1ccc(N)cc1. The number of carbonyl (C=O) groups excluding carboxylic acids is 1. The van der Waals surface area contributed by atoms with E-state index in [0.717, 1.165) is 15.1 Å². The first-order chi connectivity index (χ1) is 9.54. The minimum Gasteiger partial charge on any atom is -0.399 e. The number of nitrogen functional groups attached to an aromatic ring is 1. The summed E-state index contributed by atoms with van der Waals surface area (Å²) >= 11 is 4.95. The van der Waals surface area contributed by atoms with Gasteiger partial charge in [-0.15, -0.1) is 11.8 Å². The molecule has 0 aliphatic carbocycles. The topological polar surface area (TPSA) is 55.1 Å². The lowest BCUT2D eigenvalue weighted by atomic mass is 10.3. The summed E-state index contributed by atoms with van der Waals surface area (Å²) in [5.41, 5.74) is 7.05. The van der Waals surface area contributed by atoms with E-state index in [-0.39, 0.29) is 11.2 Å². The van der Waals surface area contributed by atoms with Gasteiger partial charge in [0, 0.05) is 20.7 Å². The molecule has 2 aromatic carbocycles. The summed E-state index contributed by atoms with van der Waals surface area (Å²) in [4.78, 5) is 13.2. The van der Waals surface area contributed by atoms with Crippen LogP contribution in [0.15, 0.2) is 57.9 Å². The van der Waals surface area contributed by atoms with E-state index in [9.17, 15) is 4.79 Å². The third kappa shape index (κ3) is 4.28. The van der Waals surface area contributed by atoms with Crippen LogP contribution < -0.4 is 11.1 Å². The van der Waals surface area contributed by atoms with Crippen LogP contribution in [0.2, 0.25) is 0 Å². The van der Waals surface area contributed by atoms with Crippen molar-refractivity contribution in [3.8, 4) is 0 Å². The van der Waals surface area contributed by atoms with E-state index in [2.05, 4.69) is 21.2 Å². The molecule has 1 atom stereocenters. The molecule has 104 valence electrons. The number of nitrogens with one attached hydrogen (secondary N) is 1. The van der Waals surface area contributed by atoms with Gasteiger partial charge in [-0.2, -0.15) is 0 Å². The molecule has 0 aromatic heterocycles. The van der Waals surface area contributed by atoms with Crippen LogP contribution in [-0.2, 0) is 4.79 Å². The Morgan fingerprint density at radius 1 is 1.25 bits per heavy atom. The van der Waals surface area contributed by atoms with Crippen molar-refractivity contribution in [3.05, 3.63) is 53.0 Å². The average Bonchev–Trinajstić information content (AvgIpc) is 2.41. The van der Waals surface area contributed by atoms with Gasteiger partial charge in [0.05, 0.1) is 5.25 Å². The Morgan fingerprint density at radius 3 is 2.60 bits per heavy atom. The fourth-order valence-corrected chi connectivity index (χ4v) is 3.09. The molecule has 0 bridgehead atoms. The normalized spacial score (nSPS) is 11.9. The van der Waals surface area contributed by atoms with Crippen LogP contribution in [0.3, 0.4) is 0 Å². The average molecular weight is 351 g/mol. The van der Waals surface area contributed by atoms with Crippen molar-refractivity contribution < 1.29 is 4.79 Å². The zero-order valence-electron chi connectivity index (χ0n) is 11.0. The van der Waals surface area contributed by atoms with Crippen molar-refractivity contribution in [2.75, 3.05) is 11.1 Å². The first-order valence-electron chi connectivity index (χ1n) is 6.13. The Labute approximate surface area is 131 Å². The molecule has 0 heterocycles. The number of anilines is 2. The van der Waals surface area contributed by atoms with Crippen LogP contribution in [0.1, 0.15) is 6.92 Å². The van der Waals surface area contributed by atoms with Crippen molar-refractivity contribution in [2.24, 2.45) is 0 Å². The number of nitrogens with two attached hydrogens (primary N) is 1. The molecule has 0 spiro atoms. The highest BCUT2D eigenvalue weighted by molar-refractivity contribution is 9.10. The van der Waals surface area contributed by atoms with Gasteiger partial charge in [0.25, 0.3) is 0 Å². The van der Waals surface area contributed by atoms with E-state index in [1.165, 1.54) is 11.8 Å². The molecule has 0 saturated heterocycles. The Bertz CT molecular complexity index is 601. The lowest BCUT2D eigenvalue weighted by molar-refractivity contribution is -0.115. The molecule has 5 heteroatoms. The van der Waals surface area contributed by atoms with E-state index in [4.69, 9.17) is 5.73 Å². The molecule has 0 fully saturated rings. The predicted molar refractivity (Wildman–Crippen MR) is 88.9 cm³/mol. The largest absolute Gasteiger partial charge is 0.399 e. The van der Waals surface area contributed by atoms with E-state index in [0.29, 0.717) is 5.69 Å². The molecule has 0 aliphatic rings. The Morgan fingerprint density at radius 2 is 1.95 bits per heavy atom. The summed E-state index contributed by atoms with van der Waals surface area (Å²) in [5, 5.41) is 2.70. The maximum Gasteiger partial charge on any atom is 0.237 e. The van der Waals surface area contributed by atoms with E-state index >= 15 is 0 Å². The molecule has 3 nitrogen and oxygen atoms in total. The second kappa shape index (κ2) is 6.81. The van der Waals surface area contributed by atoms with Gasteiger partial charge in [-0.1, -0.05) is 22.0 Å². The van der Waals surface area contributed by atoms with Gasteiger partial charge in [-0.3, -0.25) is 4.79 Å². The number of thioether (sulfide) groups is 1. The van der Waals surface area contributed by atoms with Crippen molar-refractivity contribution >= 4 is 45.0 Å². The lowest BCUT2D eigenvalue weighted by Crippen LogP contribution is -2.22. The van der Waals surface area contributed by atoms with Gasteiger partial charge in [0.1, 0.15) is 0 Å². The van der Waals surface area contributed by atoms with E-state index in [1.54, 1.807) is 24.3 Å². The smallest absolute Gasteiger partial charge is 0.237 e. The van der Waals surface area contributed by atoms with Crippen LogP contribution in [0.4, 0.5) is 11.4 Å². The number of amides is 1. The molecule has 0 radical (unpaired) electrons. The summed E-state index contributed by atoms with van der Waals surface area (Å²) in [6.07, 6.45) is 0. The second-order valence-corrected chi connectivity index (χ2v) is 6.66. The number of halogens is 1. The highest BCUT2D eigenvalue weighted by Gasteiger charge is 2.14. The summed E-state index contributed by atoms with van der Waals surface area (Å²) in [7, 11) is 0. The van der Waals surface area contributed by atoms with Gasteiger partial charge in [0.15, 0.2) is 0 Å². The van der Waals surface area contributed by atoms with Crippen molar-refractivity contribution in [3.63, 3.8) is 0 Å². The number of carbonyl (C=O) groups is 1. The minimum absolute atomic E-state index is 0.0280. The summed E-state index contributed by atoms with van der Waals surface area (Å²) in [6.45, 7) is 1.89. The summed E-state index contributed by atoms with van der Waals surface area (Å²) < 4.78 is 1.01. The molecule has 2 aromatic rings. The quantitative estimate of drug-likeness (QED) is 0.643. The van der Waals surface area contributed by atoms with Crippen LogP contribution >= 0.6 is 27.7 Å². The first kappa shape index (κ1) is 14.9. The van der Waals surface area contributed by atoms with Crippen LogP contribution in [-0.4, -0.2) is 11.2 Å². The Balaban J connectivity index is 1.96. The molecule has 0 aliphatic heterocycles. The van der Waals surface area contributed by atoms with Gasteiger partial charge in [-0.05, 0) is 49.4 Å². The predicted octanol–water partition coefficient (Wildman–Crippen LogP) is 4.15.